The third-order valence-electron chi connectivity index (χ3n) is 2.31. The minimum absolute atomic E-state index is 0.0727. The van der Waals surface area contributed by atoms with Crippen LogP contribution in [0.4, 0.5) is 5.82 Å². The van der Waals surface area contributed by atoms with E-state index in [1.54, 1.807) is 0 Å². The van der Waals surface area contributed by atoms with E-state index < -0.39 is 10.7 Å². The van der Waals surface area contributed by atoms with Crippen LogP contribution in [0, 0.1) is 10.1 Å². The van der Waals surface area contributed by atoms with Gasteiger partial charge >= 0.3 is 5.82 Å². The number of nitro groups is 1. The smallest absolute Gasteiger partial charge is 0.358 e. The van der Waals surface area contributed by atoms with Gasteiger partial charge in [-0.3, -0.25) is 4.79 Å². The zero-order valence-corrected chi connectivity index (χ0v) is 11.0. The molecular formula is C10H15ClN4O3. The van der Waals surface area contributed by atoms with Crippen LogP contribution in [0.2, 0.25) is 5.02 Å². The van der Waals surface area contributed by atoms with Crippen LogP contribution < -0.4 is 5.32 Å². The van der Waals surface area contributed by atoms with Crippen LogP contribution in [-0.2, 0) is 11.3 Å². The van der Waals surface area contributed by atoms with Crippen molar-refractivity contribution >= 4 is 23.3 Å². The van der Waals surface area contributed by atoms with Gasteiger partial charge < -0.3 is 15.4 Å². The fraction of sp³-hybridized carbons (Fsp3) is 0.600. The van der Waals surface area contributed by atoms with E-state index in [-0.39, 0.29) is 23.5 Å². The summed E-state index contributed by atoms with van der Waals surface area (Å²) in [7, 11) is 0. The van der Waals surface area contributed by atoms with E-state index in [4.69, 9.17) is 11.6 Å². The number of aromatic nitrogens is 2. The molecule has 18 heavy (non-hydrogen) atoms. The maximum Gasteiger partial charge on any atom is 0.408 e. The summed E-state index contributed by atoms with van der Waals surface area (Å²) >= 11 is 5.62. The molecule has 0 aromatic carbocycles. The summed E-state index contributed by atoms with van der Waals surface area (Å²) in [6.45, 7) is 3.85. The minimum atomic E-state index is -0.684. The van der Waals surface area contributed by atoms with E-state index >= 15 is 0 Å². The highest BCUT2D eigenvalue weighted by molar-refractivity contribution is 6.32. The molecule has 1 aromatic heterocycles. The number of carbonyl (C=O) groups is 1. The predicted octanol–water partition coefficient (Wildman–Crippen LogP) is 1.75. The minimum Gasteiger partial charge on any atom is -0.358 e. The lowest BCUT2D eigenvalue weighted by Crippen LogP contribution is -2.35. The topological polar surface area (TPSA) is 90.1 Å². The summed E-state index contributed by atoms with van der Waals surface area (Å²) in [6, 6.07) is 0.0727. The molecule has 1 N–H and O–H groups in total. The number of rotatable bonds is 6. The highest BCUT2D eigenvalue weighted by Gasteiger charge is 2.20. The van der Waals surface area contributed by atoms with Crippen molar-refractivity contribution in [3.63, 3.8) is 0 Å². The first-order chi connectivity index (χ1) is 8.43. The van der Waals surface area contributed by atoms with E-state index in [9.17, 15) is 14.9 Å². The summed E-state index contributed by atoms with van der Waals surface area (Å²) in [5.41, 5.74) is 0. The molecule has 100 valence electrons. The fourth-order valence-corrected chi connectivity index (χ4v) is 1.78. The lowest BCUT2D eigenvalue weighted by molar-refractivity contribution is -0.389. The van der Waals surface area contributed by atoms with Crippen LogP contribution in [0.3, 0.4) is 0 Å². The molecule has 1 unspecified atom stereocenters. The Labute approximate surface area is 109 Å². The summed E-state index contributed by atoms with van der Waals surface area (Å²) in [5.74, 6) is -0.684. The number of amides is 1. The highest BCUT2D eigenvalue weighted by Crippen LogP contribution is 2.20. The van der Waals surface area contributed by atoms with E-state index in [0.29, 0.717) is 0 Å². The van der Waals surface area contributed by atoms with Gasteiger partial charge in [0.05, 0.1) is 11.3 Å². The Balaban J connectivity index is 2.59. The molecular weight excluding hydrogens is 260 g/mol. The van der Waals surface area contributed by atoms with Crippen molar-refractivity contribution in [1.82, 2.24) is 15.1 Å². The maximum absolute atomic E-state index is 11.6. The second-order valence-corrected chi connectivity index (χ2v) is 4.42. The lowest BCUT2D eigenvalue weighted by Gasteiger charge is -2.11. The molecule has 0 aliphatic carbocycles. The molecule has 0 aliphatic heterocycles. The van der Waals surface area contributed by atoms with E-state index in [1.807, 2.05) is 13.8 Å². The van der Waals surface area contributed by atoms with Crippen molar-refractivity contribution in [2.24, 2.45) is 0 Å². The number of nitrogens with one attached hydrogen (secondary N) is 1. The Morgan fingerprint density at radius 3 is 2.89 bits per heavy atom. The molecule has 8 heteroatoms. The number of halogens is 1. The summed E-state index contributed by atoms with van der Waals surface area (Å²) in [4.78, 5) is 21.4. The normalized spacial score (nSPS) is 12.2. The molecule has 1 rings (SSSR count). The Hall–Kier alpha value is -1.63. The molecule has 0 spiro atoms. The number of hydrogen-bond donors (Lipinski definition) is 1. The fourth-order valence-electron chi connectivity index (χ4n) is 1.56. The molecule has 1 aromatic rings. The number of hydrogen-bond acceptors (Lipinski definition) is 4. The van der Waals surface area contributed by atoms with E-state index in [2.05, 4.69) is 10.4 Å². The number of carbonyl (C=O) groups excluding carboxylic acids is 1. The first kappa shape index (κ1) is 14.4. The molecule has 0 saturated carbocycles. The van der Waals surface area contributed by atoms with Crippen molar-refractivity contribution in [2.75, 3.05) is 0 Å². The Morgan fingerprint density at radius 1 is 1.72 bits per heavy atom. The molecule has 0 saturated heterocycles. The molecule has 0 radical (unpaired) electrons. The van der Waals surface area contributed by atoms with Gasteiger partial charge in [-0.05, 0) is 18.3 Å². The molecule has 7 nitrogen and oxygen atoms in total. The van der Waals surface area contributed by atoms with Crippen LogP contribution in [0.5, 0.6) is 0 Å². The van der Waals surface area contributed by atoms with Gasteiger partial charge in [-0.15, -0.1) is 0 Å². The molecule has 1 atom stereocenters. The van der Waals surface area contributed by atoms with Gasteiger partial charge in [0.25, 0.3) is 0 Å². The molecule has 1 amide bonds. The van der Waals surface area contributed by atoms with Gasteiger partial charge in [0.2, 0.25) is 5.91 Å². The molecule has 0 aliphatic rings. The van der Waals surface area contributed by atoms with Crippen LogP contribution in [0.15, 0.2) is 6.20 Å². The van der Waals surface area contributed by atoms with Crippen molar-refractivity contribution < 1.29 is 9.72 Å². The zero-order chi connectivity index (χ0) is 13.7. The first-order valence-electron chi connectivity index (χ1n) is 5.60. The van der Waals surface area contributed by atoms with Crippen LogP contribution in [0.1, 0.15) is 26.7 Å². The first-order valence-corrected chi connectivity index (χ1v) is 5.98. The second kappa shape index (κ2) is 6.34. The van der Waals surface area contributed by atoms with Gasteiger partial charge in [0, 0.05) is 6.04 Å². The highest BCUT2D eigenvalue weighted by atomic mass is 35.5. The van der Waals surface area contributed by atoms with Gasteiger partial charge in [-0.2, -0.15) is 4.68 Å². The zero-order valence-electron chi connectivity index (χ0n) is 10.2. The van der Waals surface area contributed by atoms with Gasteiger partial charge in [-0.25, -0.2) is 0 Å². The Kier molecular flexibility index (Phi) is 5.08. The largest absolute Gasteiger partial charge is 0.408 e. The third kappa shape index (κ3) is 3.99. The summed E-state index contributed by atoms with van der Waals surface area (Å²) in [6.07, 6.45) is 3.12. The predicted molar refractivity (Wildman–Crippen MR) is 66.4 cm³/mol. The monoisotopic (exact) mass is 274 g/mol. The van der Waals surface area contributed by atoms with Gasteiger partial charge in [0.15, 0.2) is 5.02 Å². The molecule has 0 bridgehead atoms. The molecule has 1 heterocycles. The SMILES string of the molecule is CCCC(C)NC(=O)Cn1cc(Cl)c([N+](=O)[O-])n1. The number of nitrogens with zero attached hydrogens (tertiary/aromatic N) is 3. The Morgan fingerprint density at radius 2 is 2.39 bits per heavy atom. The maximum atomic E-state index is 11.6. The van der Waals surface area contributed by atoms with Gasteiger partial charge in [-0.1, -0.05) is 24.9 Å². The quantitative estimate of drug-likeness (QED) is 0.632. The average molecular weight is 275 g/mol. The van der Waals surface area contributed by atoms with Crippen molar-refractivity contribution in [1.29, 1.82) is 0 Å². The van der Waals surface area contributed by atoms with Crippen LogP contribution in [-0.4, -0.2) is 26.7 Å². The van der Waals surface area contributed by atoms with Crippen molar-refractivity contribution in [3.05, 3.63) is 21.3 Å². The van der Waals surface area contributed by atoms with Crippen LogP contribution >= 0.6 is 11.6 Å². The van der Waals surface area contributed by atoms with E-state index in [1.165, 1.54) is 6.20 Å². The van der Waals surface area contributed by atoms with Gasteiger partial charge in [0.1, 0.15) is 6.54 Å². The Bertz CT molecular complexity index is 446. The summed E-state index contributed by atoms with van der Waals surface area (Å²) in [5, 5.41) is 16.9. The van der Waals surface area contributed by atoms with Crippen LogP contribution in [0.25, 0.3) is 0 Å². The van der Waals surface area contributed by atoms with Crippen molar-refractivity contribution in [2.45, 2.75) is 39.3 Å². The van der Waals surface area contributed by atoms with Crippen molar-refractivity contribution in [3.8, 4) is 0 Å². The third-order valence-corrected chi connectivity index (χ3v) is 2.57. The lowest BCUT2D eigenvalue weighted by atomic mass is 10.2. The second-order valence-electron chi connectivity index (χ2n) is 4.01. The van der Waals surface area contributed by atoms with E-state index in [0.717, 1.165) is 17.5 Å². The average Bonchev–Trinajstić information content (AvgIpc) is 2.59. The molecule has 0 fully saturated rings. The summed E-state index contributed by atoms with van der Waals surface area (Å²) < 4.78 is 1.16. The standard InChI is InChI=1S/C10H15ClN4O3/c1-3-4-7(2)12-9(16)6-14-5-8(11)10(13-14)15(17)18/h5,7H,3-4,6H2,1-2H3,(H,12,16).